The van der Waals surface area contributed by atoms with Crippen LogP contribution in [-0.4, -0.2) is 27.0 Å². The van der Waals surface area contributed by atoms with Gasteiger partial charge in [-0.25, -0.2) is 4.68 Å². The SMILES string of the molecule is Cc1nn(C)c(NCCSCc2c(Cl)cccc2Cl)c1[N+](=O)[O-]. The van der Waals surface area contributed by atoms with E-state index in [2.05, 4.69) is 10.4 Å². The fraction of sp³-hybridized carbons (Fsp3) is 0.357. The van der Waals surface area contributed by atoms with Gasteiger partial charge < -0.3 is 5.32 Å². The van der Waals surface area contributed by atoms with Crippen LogP contribution in [0.4, 0.5) is 11.5 Å². The number of nitrogens with one attached hydrogen (secondary N) is 1. The lowest BCUT2D eigenvalue weighted by Crippen LogP contribution is -2.09. The highest BCUT2D eigenvalue weighted by Gasteiger charge is 2.23. The van der Waals surface area contributed by atoms with Crippen molar-refractivity contribution in [1.29, 1.82) is 0 Å². The smallest absolute Gasteiger partial charge is 0.333 e. The molecule has 9 heteroatoms. The van der Waals surface area contributed by atoms with E-state index < -0.39 is 4.92 Å². The number of rotatable bonds is 7. The molecule has 1 aromatic carbocycles. The normalized spacial score (nSPS) is 10.8. The lowest BCUT2D eigenvalue weighted by atomic mass is 10.2. The Bertz CT molecular complexity index is 701. The van der Waals surface area contributed by atoms with Gasteiger partial charge in [0.15, 0.2) is 0 Å². The molecule has 0 unspecified atom stereocenters. The number of thioether (sulfide) groups is 1. The maximum atomic E-state index is 11.1. The molecule has 23 heavy (non-hydrogen) atoms. The van der Waals surface area contributed by atoms with Gasteiger partial charge in [0.1, 0.15) is 5.69 Å². The van der Waals surface area contributed by atoms with Gasteiger partial charge in [0.2, 0.25) is 5.82 Å². The minimum absolute atomic E-state index is 0.0200. The molecular formula is C14H16Cl2N4O2S. The zero-order valence-corrected chi connectivity index (χ0v) is 15.0. The van der Waals surface area contributed by atoms with Crippen LogP contribution in [0.2, 0.25) is 10.0 Å². The molecule has 0 amide bonds. The summed E-state index contributed by atoms with van der Waals surface area (Å²) in [7, 11) is 1.68. The molecule has 0 saturated carbocycles. The van der Waals surface area contributed by atoms with Crippen molar-refractivity contribution < 1.29 is 4.92 Å². The number of nitrogens with zero attached hydrogens (tertiary/aromatic N) is 3. The van der Waals surface area contributed by atoms with Crippen molar-refractivity contribution in [2.24, 2.45) is 7.05 Å². The highest BCUT2D eigenvalue weighted by molar-refractivity contribution is 7.98. The second-order valence-corrected chi connectivity index (χ2v) is 6.76. The molecule has 0 bridgehead atoms. The third-order valence-electron chi connectivity index (χ3n) is 3.22. The Morgan fingerprint density at radius 2 is 2.04 bits per heavy atom. The van der Waals surface area contributed by atoms with Crippen molar-refractivity contribution >= 4 is 46.5 Å². The second-order valence-electron chi connectivity index (χ2n) is 4.84. The second kappa shape index (κ2) is 7.90. The van der Waals surface area contributed by atoms with E-state index in [0.717, 1.165) is 11.3 Å². The Balaban J connectivity index is 1.88. The summed E-state index contributed by atoms with van der Waals surface area (Å²) >= 11 is 13.9. The van der Waals surface area contributed by atoms with E-state index in [1.807, 2.05) is 18.2 Å². The van der Waals surface area contributed by atoms with Gasteiger partial charge in [0.05, 0.1) is 4.92 Å². The molecule has 1 heterocycles. The molecule has 0 saturated heterocycles. The molecule has 2 rings (SSSR count). The van der Waals surface area contributed by atoms with Gasteiger partial charge in [-0.05, 0) is 24.6 Å². The monoisotopic (exact) mass is 374 g/mol. The van der Waals surface area contributed by atoms with Gasteiger partial charge in [-0.15, -0.1) is 0 Å². The van der Waals surface area contributed by atoms with Crippen LogP contribution in [0, 0.1) is 17.0 Å². The summed E-state index contributed by atoms with van der Waals surface area (Å²) in [4.78, 5) is 10.7. The summed E-state index contributed by atoms with van der Waals surface area (Å²) in [5.74, 6) is 1.86. The predicted octanol–water partition coefficient (Wildman–Crippen LogP) is 4.29. The Hall–Kier alpha value is -1.44. The topological polar surface area (TPSA) is 73.0 Å². The lowest BCUT2D eigenvalue weighted by Gasteiger charge is -2.08. The Labute approximate surface area is 148 Å². The maximum absolute atomic E-state index is 11.1. The number of anilines is 1. The molecule has 0 spiro atoms. The molecular weight excluding hydrogens is 359 g/mol. The Morgan fingerprint density at radius 3 is 2.65 bits per heavy atom. The molecule has 0 aliphatic rings. The van der Waals surface area contributed by atoms with Crippen molar-refractivity contribution in [3.63, 3.8) is 0 Å². The molecule has 1 N–H and O–H groups in total. The fourth-order valence-corrected chi connectivity index (χ4v) is 3.75. The maximum Gasteiger partial charge on any atom is 0.333 e. The zero-order valence-electron chi connectivity index (χ0n) is 12.7. The first-order valence-electron chi connectivity index (χ1n) is 6.84. The highest BCUT2D eigenvalue weighted by atomic mass is 35.5. The van der Waals surface area contributed by atoms with Gasteiger partial charge in [-0.3, -0.25) is 10.1 Å². The first-order valence-corrected chi connectivity index (χ1v) is 8.75. The van der Waals surface area contributed by atoms with E-state index in [9.17, 15) is 10.1 Å². The molecule has 0 aliphatic carbocycles. The van der Waals surface area contributed by atoms with Gasteiger partial charge in [0.25, 0.3) is 0 Å². The molecule has 124 valence electrons. The number of hydrogen-bond donors (Lipinski definition) is 1. The fourth-order valence-electron chi connectivity index (χ4n) is 2.15. The number of benzene rings is 1. The average Bonchev–Trinajstić information content (AvgIpc) is 2.75. The number of aryl methyl sites for hydroxylation is 2. The number of hydrogen-bond acceptors (Lipinski definition) is 5. The van der Waals surface area contributed by atoms with Crippen molar-refractivity contribution in [3.05, 3.63) is 49.6 Å². The van der Waals surface area contributed by atoms with Crippen LogP contribution in [0.3, 0.4) is 0 Å². The van der Waals surface area contributed by atoms with Crippen LogP contribution in [0.5, 0.6) is 0 Å². The molecule has 2 aromatic rings. The van der Waals surface area contributed by atoms with Crippen LogP contribution in [-0.2, 0) is 12.8 Å². The van der Waals surface area contributed by atoms with Gasteiger partial charge in [-0.1, -0.05) is 29.3 Å². The van der Waals surface area contributed by atoms with Gasteiger partial charge in [0, 0.05) is 35.1 Å². The van der Waals surface area contributed by atoms with Crippen molar-refractivity contribution in [3.8, 4) is 0 Å². The molecule has 0 radical (unpaired) electrons. The minimum atomic E-state index is -0.415. The van der Waals surface area contributed by atoms with Crippen LogP contribution < -0.4 is 5.32 Å². The summed E-state index contributed by atoms with van der Waals surface area (Å²) in [6.07, 6.45) is 0. The summed E-state index contributed by atoms with van der Waals surface area (Å²) < 4.78 is 1.49. The van der Waals surface area contributed by atoms with Crippen molar-refractivity contribution in [2.75, 3.05) is 17.6 Å². The third kappa shape index (κ3) is 4.31. The third-order valence-corrected chi connectivity index (χ3v) is 4.91. The van der Waals surface area contributed by atoms with E-state index in [-0.39, 0.29) is 5.69 Å². The summed E-state index contributed by atoms with van der Waals surface area (Å²) in [6, 6.07) is 5.43. The largest absolute Gasteiger partial charge is 0.364 e. The number of halogens is 2. The standard InChI is InChI=1S/C14H16Cl2N4O2S/c1-9-13(20(21)22)14(19(2)18-9)17-6-7-23-8-10-11(15)4-3-5-12(10)16/h3-5,17H,6-8H2,1-2H3. The first kappa shape index (κ1) is 17.9. The predicted molar refractivity (Wildman–Crippen MR) is 95.7 cm³/mol. The van der Waals surface area contributed by atoms with E-state index >= 15 is 0 Å². The summed E-state index contributed by atoms with van der Waals surface area (Å²) in [5, 5.41) is 19.5. The van der Waals surface area contributed by atoms with E-state index in [4.69, 9.17) is 23.2 Å². The van der Waals surface area contributed by atoms with Crippen molar-refractivity contribution in [1.82, 2.24) is 9.78 Å². The molecule has 1 aromatic heterocycles. The van der Waals surface area contributed by atoms with Crippen LogP contribution in [0.25, 0.3) is 0 Å². The molecule has 0 fully saturated rings. The zero-order chi connectivity index (χ0) is 17.0. The Morgan fingerprint density at radius 1 is 1.39 bits per heavy atom. The molecule has 0 atom stereocenters. The van der Waals surface area contributed by atoms with E-state index in [1.165, 1.54) is 4.68 Å². The van der Waals surface area contributed by atoms with Crippen LogP contribution in [0.1, 0.15) is 11.3 Å². The summed E-state index contributed by atoms with van der Waals surface area (Å²) in [6.45, 7) is 2.20. The average molecular weight is 375 g/mol. The lowest BCUT2D eigenvalue weighted by molar-refractivity contribution is -0.384. The molecule has 0 aliphatic heterocycles. The van der Waals surface area contributed by atoms with Gasteiger partial charge in [-0.2, -0.15) is 16.9 Å². The number of nitro groups is 1. The quantitative estimate of drug-likeness (QED) is 0.444. The Kier molecular flexibility index (Phi) is 6.15. The highest BCUT2D eigenvalue weighted by Crippen LogP contribution is 2.29. The minimum Gasteiger partial charge on any atom is -0.364 e. The number of aromatic nitrogens is 2. The van der Waals surface area contributed by atoms with E-state index in [0.29, 0.717) is 33.9 Å². The molecule has 6 nitrogen and oxygen atoms in total. The first-order chi connectivity index (χ1) is 10.9. The van der Waals surface area contributed by atoms with E-state index in [1.54, 1.807) is 25.7 Å². The summed E-state index contributed by atoms with van der Waals surface area (Å²) in [5.41, 5.74) is 1.32. The van der Waals surface area contributed by atoms with Crippen LogP contribution in [0.15, 0.2) is 18.2 Å². The van der Waals surface area contributed by atoms with Crippen molar-refractivity contribution in [2.45, 2.75) is 12.7 Å². The van der Waals surface area contributed by atoms with Gasteiger partial charge >= 0.3 is 5.69 Å². The van der Waals surface area contributed by atoms with Crippen LogP contribution >= 0.6 is 35.0 Å².